The lowest BCUT2D eigenvalue weighted by atomic mass is 10.1. The molecular weight excluding hydrogens is 442 g/mol. The zero-order chi connectivity index (χ0) is 24.4. The van der Waals surface area contributed by atoms with Gasteiger partial charge in [0.25, 0.3) is 11.8 Å². The molecule has 3 aromatic carbocycles. The molecule has 1 fully saturated rings. The first-order valence-electron chi connectivity index (χ1n) is 11.8. The molecule has 0 saturated carbocycles. The Morgan fingerprint density at radius 1 is 1.00 bits per heavy atom. The van der Waals surface area contributed by atoms with E-state index in [-0.39, 0.29) is 24.3 Å². The van der Waals surface area contributed by atoms with Crippen LogP contribution >= 0.6 is 0 Å². The second kappa shape index (κ2) is 9.62. The van der Waals surface area contributed by atoms with Crippen molar-refractivity contribution in [1.82, 2.24) is 10.2 Å². The fourth-order valence-corrected chi connectivity index (χ4v) is 4.79. The molecule has 3 amide bonds. The van der Waals surface area contributed by atoms with Gasteiger partial charge in [0.05, 0.1) is 24.9 Å². The van der Waals surface area contributed by atoms with E-state index in [0.29, 0.717) is 36.3 Å². The number of benzene rings is 3. The maximum absolute atomic E-state index is 13.5. The van der Waals surface area contributed by atoms with Crippen molar-refractivity contribution in [2.45, 2.75) is 32.0 Å². The van der Waals surface area contributed by atoms with Gasteiger partial charge in [0, 0.05) is 18.7 Å². The molecule has 3 aromatic rings. The van der Waals surface area contributed by atoms with Gasteiger partial charge in [-0.05, 0) is 60.4 Å². The largest absolute Gasteiger partial charge is 0.497 e. The summed E-state index contributed by atoms with van der Waals surface area (Å²) in [7, 11) is 1.61. The number of rotatable bonds is 6. The summed E-state index contributed by atoms with van der Waals surface area (Å²) in [6.07, 6.45) is 1.49. The molecule has 178 valence electrons. The van der Waals surface area contributed by atoms with Gasteiger partial charge in [-0.15, -0.1) is 0 Å². The van der Waals surface area contributed by atoms with Gasteiger partial charge in [-0.1, -0.05) is 36.4 Å². The van der Waals surface area contributed by atoms with Crippen molar-refractivity contribution in [3.05, 3.63) is 95.1 Å². The van der Waals surface area contributed by atoms with E-state index >= 15 is 0 Å². The molecule has 7 nitrogen and oxygen atoms in total. The number of hydrogen-bond acceptors (Lipinski definition) is 4. The van der Waals surface area contributed by atoms with Crippen LogP contribution in [0.5, 0.6) is 5.75 Å². The minimum atomic E-state index is -0.439. The van der Waals surface area contributed by atoms with Crippen molar-refractivity contribution in [3.63, 3.8) is 0 Å². The first-order chi connectivity index (χ1) is 17.0. The highest BCUT2D eigenvalue weighted by atomic mass is 16.5. The van der Waals surface area contributed by atoms with Crippen molar-refractivity contribution in [3.8, 4) is 5.75 Å². The lowest BCUT2D eigenvalue weighted by Crippen LogP contribution is -2.44. The molecule has 1 N–H and O–H groups in total. The first-order valence-corrected chi connectivity index (χ1v) is 11.8. The van der Waals surface area contributed by atoms with Crippen LogP contribution in [0.15, 0.2) is 72.8 Å². The Hall–Kier alpha value is -4.13. The number of nitrogens with zero attached hydrogens (tertiary/aromatic N) is 2. The van der Waals surface area contributed by atoms with E-state index in [2.05, 4.69) is 5.32 Å². The average molecular weight is 470 g/mol. The van der Waals surface area contributed by atoms with Gasteiger partial charge in [0.2, 0.25) is 5.91 Å². The van der Waals surface area contributed by atoms with Crippen LogP contribution in [-0.2, 0) is 17.9 Å². The third-order valence-electron chi connectivity index (χ3n) is 6.63. The van der Waals surface area contributed by atoms with Crippen LogP contribution < -0.4 is 15.0 Å². The standard InChI is InChI=1S/C28H27N3O4/c1-35-22-13-11-19(12-14-22)17-29-26(32)21-7-4-6-20(16-21)18-31-24-9-3-2-8-23(24)27(33)30-15-5-10-25(30)28(31)34/h2-4,6-9,11-14,16,25H,5,10,15,17-18H2,1H3,(H,29,32)/t25-/m0/s1. The molecule has 7 heteroatoms. The normalized spacial score (nSPS) is 17.0. The number of nitrogens with one attached hydrogen (secondary N) is 1. The SMILES string of the molecule is COc1ccc(CNC(=O)c2cccc(CN3C(=O)[C@@H]4CCCN4C(=O)c4ccccc43)c2)cc1. The van der Waals surface area contributed by atoms with Gasteiger partial charge in [-0.2, -0.15) is 0 Å². The number of hydrogen-bond donors (Lipinski definition) is 1. The van der Waals surface area contributed by atoms with E-state index in [1.807, 2.05) is 54.6 Å². The van der Waals surface area contributed by atoms with E-state index in [4.69, 9.17) is 4.74 Å². The van der Waals surface area contributed by atoms with Crippen molar-refractivity contribution < 1.29 is 19.1 Å². The summed E-state index contributed by atoms with van der Waals surface area (Å²) in [5, 5.41) is 2.94. The molecule has 5 rings (SSSR count). The summed E-state index contributed by atoms with van der Waals surface area (Å²) in [6.45, 7) is 1.28. The van der Waals surface area contributed by atoms with Crippen molar-refractivity contribution in [2.75, 3.05) is 18.6 Å². The monoisotopic (exact) mass is 469 g/mol. The minimum absolute atomic E-state index is 0.0739. The molecule has 2 heterocycles. The number of amides is 3. The van der Waals surface area contributed by atoms with Gasteiger partial charge in [0.1, 0.15) is 11.8 Å². The molecule has 2 aliphatic heterocycles. The zero-order valence-corrected chi connectivity index (χ0v) is 19.6. The Morgan fingerprint density at radius 3 is 2.60 bits per heavy atom. The molecule has 0 aromatic heterocycles. The quantitative estimate of drug-likeness (QED) is 0.596. The third-order valence-corrected chi connectivity index (χ3v) is 6.63. The molecule has 0 unspecified atom stereocenters. The molecule has 0 spiro atoms. The van der Waals surface area contributed by atoms with Gasteiger partial charge < -0.3 is 19.9 Å². The van der Waals surface area contributed by atoms with E-state index in [9.17, 15) is 14.4 Å². The maximum atomic E-state index is 13.5. The molecule has 0 bridgehead atoms. The molecule has 0 aliphatic carbocycles. The third kappa shape index (κ3) is 4.49. The van der Waals surface area contributed by atoms with Gasteiger partial charge in [-0.25, -0.2) is 0 Å². The topological polar surface area (TPSA) is 79.0 Å². The summed E-state index contributed by atoms with van der Waals surface area (Å²) < 4.78 is 5.17. The molecule has 35 heavy (non-hydrogen) atoms. The second-order valence-corrected chi connectivity index (χ2v) is 8.83. The van der Waals surface area contributed by atoms with Crippen LogP contribution in [0.4, 0.5) is 5.69 Å². The molecule has 1 saturated heterocycles. The summed E-state index contributed by atoms with van der Waals surface area (Å²) in [4.78, 5) is 42.8. The fourth-order valence-electron chi connectivity index (χ4n) is 4.79. The van der Waals surface area contributed by atoms with E-state index in [1.165, 1.54) is 0 Å². The number of methoxy groups -OCH3 is 1. The van der Waals surface area contributed by atoms with Crippen molar-refractivity contribution in [1.29, 1.82) is 0 Å². The van der Waals surface area contributed by atoms with Gasteiger partial charge in [-0.3, -0.25) is 14.4 Å². The van der Waals surface area contributed by atoms with Crippen LogP contribution in [-0.4, -0.2) is 42.3 Å². The molecular formula is C28H27N3O4. The number of carbonyl (C=O) groups excluding carboxylic acids is 3. The van der Waals surface area contributed by atoms with Crippen molar-refractivity contribution in [2.24, 2.45) is 0 Å². The Balaban J connectivity index is 1.35. The van der Waals surface area contributed by atoms with Crippen LogP contribution in [0.3, 0.4) is 0 Å². The lowest BCUT2D eigenvalue weighted by Gasteiger charge is -2.26. The number of para-hydroxylation sites is 1. The van der Waals surface area contributed by atoms with Crippen LogP contribution in [0.1, 0.15) is 44.7 Å². The predicted octanol–water partition coefficient (Wildman–Crippen LogP) is 3.78. The Bertz CT molecular complexity index is 1270. The number of anilines is 1. The maximum Gasteiger partial charge on any atom is 0.256 e. The smallest absolute Gasteiger partial charge is 0.256 e. The molecule has 0 radical (unpaired) electrons. The lowest BCUT2D eigenvalue weighted by molar-refractivity contribution is -0.122. The van der Waals surface area contributed by atoms with Gasteiger partial charge >= 0.3 is 0 Å². The zero-order valence-electron chi connectivity index (χ0n) is 19.6. The first kappa shape index (κ1) is 22.7. The fraction of sp³-hybridized carbons (Fsp3) is 0.250. The number of ether oxygens (including phenoxy) is 1. The van der Waals surface area contributed by atoms with E-state index in [0.717, 1.165) is 23.3 Å². The molecule has 1 atom stereocenters. The highest BCUT2D eigenvalue weighted by molar-refractivity contribution is 6.11. The van der Waals surface area contributed by atoms with Gasteiger partial charge in [0.15, 0.2) is 0 Å². The van der Waals surface area contributed by atoms with Crippen LogP contribution in [0, 0.1) is 0 Å². The van der Waals surface area contributed by atoms with Crippen LogP contribution in [0.25, 0.3) is 0 Å². The van der Waals surface area contributed by atoms with Crippen LogP contribution in [0.2, 0.25) is 0 Å². The Labute approximate surface area is 204 Å². The van der Waals surface area contributed by atoms with E-state index in [1.54, 1.807) is 35.1 Å². The highest BCUT2D eigenvalue weighted by Gasteiger charge is 2.41. The molecule has 2 aliphatic rings. The Kier molecular flexibility index (Phi) is 6.23. The highest BCUT2D eigenvalue weighted by Crippen LogP contribution is 2.33. The van der Waals surface area contributed by atoms with E-state index < -0.39 is 6.04 Å². The average Bonchev–Trinajstić information content (AvgIpc) is 3.37. The summed E-state index contributed by atoms with van der Waals surface area (Å²) in [5.74, 6) is 0.406. The second-order valence-electron chi connectivity index (χ2n) is 8.83. The van der Waals surface area contributed by atoms with Crippen molar-refractivity contribution >= 4 is 23.4 Å². The number of fused-ring (bicyclic) bond motifs is 2. The predicted molar refractivity (Wildman–Crippen MR) is 132 cm³/mol. The Morgan fingerprint density at radius 2 is 1.80 bits per heavy atom. The summed E-state index contributed by atoms with van der Waals surface area (Å²) in [6, 6.07) is 21.6. The summed E-state index contributed by atoms with van der Waals surface area (Å²) >= 11 is 0. The summed E-state index contributed by atoms with van der Waals surface area (Å²) in [5.41, 5.74) is 3.46. The minimum Gasteiger partial charge on any atom is -0.497 e. The number of carbonyl (C=O) groups is 3.